The monoisotopic (exact) mass is 348 g/mol. The molecule has 2 atom stereocenters. The first-order valence-corrected chi connectivity index (χ1v) is 8.92. The molecular weight excluding hydrogens is 320 g/mol. The number of β-amino-alcohol motifs (C(OH)–C–C–N with tert-alkyl or cyclic N) is 1. The summed E-state index contributed by atoms with van der Waals surface area (Å²) >= 11 is 0. The predicted molar refractivity (Wildman–Crippen MR) is 92.9 cm³/mol. The van der Waals surface area contributed by atoms with Crippen molar-refractivity contribution in [2.45, 2.75) is 51.4 Å². The minimum Gasteiger partial charge on any atom is -0.390 e. The molecule has 1 N–H and O–H groups in total. The van der Waals surface area contributed by atoms with E-state index in [1.165, 1.54) is 0 Å². The first-order chi connectivity index (χ1) is 12.0. The molecule has 0 bridgehead atoms. The number of hydrogen-bond donors (Lipinski definition) is 1. The van der Waals surface area contributed by atoms with Crippen molar-refractivity contribution in [1.82, 2.24) is 29.7 Å². The molecule has 2 unspecified atom stereocenters. The molecule has 0 radical (unpaired) electrons. The fourth-order valence-corrected chi connectivity index (χ4v) is 3.24. The molecule has 1 aliphatic rings. The van der Waals surface area contributed by atoms with Crippen molar-refractivity contribution in [3.05, 3.63) is 30.2 Å². The summed E-state index contributed by atoms with van der Waals surface area (Å²) in [6.45, 7) is 7.92. The zero-order chi connectivity index (χ0) is 17.8. The van der Waals surface area contributed by atoms with Crippen LogP contribution in [-0.4, -0.2) is 73.7 Å². The Hall–Kier alpha value is -1.77. The normalized spacial score (nSPS) is 20.0. The molecule has 1 aliphatic heterocycles. The summed E-state index contributed by atoms with van der Waals surface area (Å²) in [6, 6.07) is 2.31. The fourth-order valence-electron chi connectivity index (χ4n) is 3.24. The summed E-state index contributed by atoms with van der Waals surface area (Å²) in [6.07, 6.45) is 4.28. The van der Waals surface area contributed by atoms with Crippen LogP contribution < -0.4 is 0 Å². The molecule has 1 saturated heterocycles. The average molecular weight is 348 g/mol. The number of rotatable bonds is 8. The predicted octanol–water partition coefficient (Wildman–Crippen LogP) is 0.957. The van der Waals surface area contributed by atoms with Crippen molar-refractivity contribution in [1.29, 1.82) is 0 Å². The maximum absolute atomic E-state index is 10.2. The number of nitrogens with zero attached hydrogens (tertiary/aromatic N) is 6. The lowest BCUT2D eigenvalue weighted by Gasteiger charge is -2.24. The van der Waals surface area contributed by atoms with Crippen LogP contribution in [0.5, 0.6) is 0 Å². The molecule has 2 aromatic heterocycles. The fraction of sp³-hybridized carbons (Fsp3) is 0.706. The first kappa shape index (κ1) is 18.0. The summed E-state index contributed by atoms with van der Waals surface area (Å²) in [4.78, 5) is 9.03. The van der Waals surface area contributed by atoms with Crippen molar-refractivity contribution in [2.24, 2.45) is 0 Å². The van der Waals surface area contributed by atoms with Gasteiger partial charge in [-0.2, -0.15) is 10.1 Å². The van der Waals surface area contributed by atoms with Gasteiger partial charge in [-0.1, -0.05) is 19.0 Å². The van der Waals surface area contributed by atoms with Gasteiger partial charge in [-0.05, 0) is 26.1 Å². The van der Waals surface area contributed by atoms with Gasteiger partial charge < -0.3 is 9.63 Å². The van der Waals surface area contributed by atoms with E-state index in [0.29, 0.717) is 31.6 Å². The van der Waals surface area contributed by atoms with Gasteiger partial charge in [0.1, 0.15) is 0 Å². The van der Waals surface area contributed by atoms with Gasteiger partial charge in [0.25, 0.3) is 0 Å². The first-order valence-electron chi connectivity index (χ1n) is 8.92. The zero-order valence-electron chi connectivity index (χ0n) is 15.2. The van der Waals surface area contributed by atoms with Gasteiger partial charge in [0.15, 0.2) is 5.82 Å². The van der Waals surface area contributed by atoms with E-state index in [4.69, 9.17) is 4.52 Å². The van der Waals surface area contributed by atoms with Crippen molar-refractivity contribution in [3.63, 3.8) is 0 Å². The van der Waals surface area contributed by atoms with E-state index in [1.807, 2.05) is 26.1 Å². The molecule has 0 spiro atoms. The van der Waals surface area contributed by atoms with Crippen LogP contribution in [0.3, 0.4) is 0 Å². The van der Waals surface area contributed by atoms with Crippen LogP contribution in [0, 0.1) is 0 Å². The van der Waals surface area contributed by atoms with E-state index in [-0.39, 0.29) is 5.92 Å². The Balaban J connectivity index is 1.44. The quantitative estimate of drug-likeness (QED) is 0.760. The molecule has 3 rings (SSSR count). The maximum Gasteiger partial charge on any atom is 0.229 e. The Morgan fingerprint density at radius 3 is 2.92 bits per heavy atom. The second kappa shape index (κ2) is 8.07. The average Bonchev–Trinajstić information content (AvgIpc) is 3.28. The molecule has 0 aliphatic carbocycles. The number of likely N-dealkylation sites (N-methyl/N-ethyl adjacent to an activating group) is 1. The molecule has 138 valence electrons. The van der Waals surface area contributed by atoms with E-state index in [0.717, 1.165) is 25.3 Å². The molecule has 25 heavy (non-hydrogen) atoms. The Morgan fingerprint density at radius 1 is 1.40 bits per heavy atom. The molecule has 2 aromatic rings. The van der Waals surface area contributed by atoms with Crippen molar-refractivity contribution >= 4 is 0 Å². The topological polar surface area (TPSA) is 83.5 Å². The molecule has 0 saturated carbocycles. The van der Waals surface area contributed by atoms with Gasteiger partial charge in [-0.15, -0.1) is 0 Å². The summed E-state index contributed by atoms with van der Waals surface area (Å²) in [7, 11) is 2.10. The van der Waals surface area contributed by atoms with E-state index in [2.05, 4.69) is 32.1 Å². The van der Waals surface area contributed by atoms with Crippen LogP contribution in [0.15, 0.2) is 23.0 Å². The van der Waals surface area contributed by atoms with Crippen molar-refractivity contribution < 1.29 is 9.63 Å². The molecule has 0 aromatic carbocycles. The second-order valence-electron chi connectivity index (χ2n) is 7.20. The number of aliphatic hydroxyl groups is 1. The lowest BCUT2D eigenvalue weighted by atomic mass is 10.2. The van der Waals surface area contributed by atoms with Crippen molar-refractivity contribution in [3.8, 4) is 0 Å². The van der Waals surface area contributed by atoms with Gasteiger partial charge >= 0.3 is 0 Å². The maximum atomic E-state index is 10.2. The van der Waals surface area contributed by atoms with E-state index < -0.39 is 6.10 Å². The van der Waals surface area contributed by atoms with Crippen LogP contribution in [0.1, 0.15) is 37.9 Å². The Labute approximate surface area is 148 Å². The van der Waals surface area contributed by atoms with E-state index >= 15 is 0 Å². The highest BCUT2D eigenvalue weighted by molar-refractivity contribution is 4.92. The molecule has 3 heterocycles. The van der Waals surface area contributed by atoms with Gasteiger partial charge in [0.05, 0.1) is 19.2 Å². The van der Waals surface area contributed by atoms with Crippen LogP contribution in [0.4, 0.5) is 0 Å². The lowest BCUT2D eigenvalue weighted by molar-refractivity contribution is 0.101. The minimum atomic E-state index is -0.408. The summed E-state index contributed by atoms with van der Waals surface area (Å²) in [5, 5.41) is 18.5. The third kappa shape index (κ3) is 4.87. The van der Waals surface area contributed by atoms with Crippen molar-refractivity contribution in [2.75, 3.05) is 26.7 Å². The summed E-state index contributed by atoms with van der Waals surface area (Å²) < 4.78 is 7.04. The number of likely N-dealkylation sites (tertiary alicyclic amines) is 1. The number of aromatic nitrogens is 4. The summed E-state index contributed by atoms with van der Waals surface area (Å²) in [5.74, 6) is 1.69. The molecule has 8 nitrogen and oxygen atoms in total. The van der Waals surface area contributed by atoms with E-state index in [1.54, 1.807) is 10.9 Å². The minimum absolute atomic E-state index is 0.254. The molecule has 8 heteroatoms. The highest BCUT2D eigenvalue weighted by atomic mass is 16.5. The van der Waals surface area contributed by atoms with Gasteiger partial charge in [-0.25, -0.2) is 0 Å². The van der Waals surface area contributed by atoms with Crippen LogP contribution in [0.2, 0.25) is 0 Å². The smallest absolute Gasteiger partial charge is 0.229 e. The number of hydrogen-bond acceptors (Lipinski definition) is 7. The van der Waals surface area contributed by atoms with Gasteiger partial charge in [0, 0.05) is 37.4 Å². The Bertz CT molecular complexity index is 641. The lowest BCUT2D eigenvalue weighted by Crippen LogP contribution is -2.37. The Morgan fingerprint density at radius 2 is 2.24 bits per heavy atom. The molecule has 0 amide bonds. The third-order valence-corrected chi connectivity index (χ3v) is 4.67. The molecular formula is C17H28N6O2. The highest BCUT2D eigenvalue weighted by Gasteiger charge is 2.27. The van der Waals surface area contributed by atoms with E-state index in [9.17, 15) is 5.11 Å². The third-order valence-electron chi connectivity index (χ3n) is 4.67. The highest BCUT2D eigenvalue weighted by Crippen LogP contribution is 2.17. The van der Waals surface area contributed by atoms with Crippen LogP contribution in [0.25, 0.3) is 0 Å². The van der Waals surface area contributed by atoms with Gasteiger partial charge in [-0.3, -0.25) is 14.5 Å². The second-order valence-corrected chi connectivity index (χ2v) is 7.20. The molecule has 1 fully saturated rings. The van der Waals surface area contributed by atoms with Crippen LogP contribution in [-0.2, 0) is 13.1 Å². The standard InChI is InChI=1S/C17H28N6O2/c1-13(2)17-19-16(20-25-17)12-21(3)14-5-8-22(9-14)10-15(24)11-23-7-4-6-18-23/h4,6-7,13-15,24H,5,8-12H2,1-3H3. The largest absolute Gasteiger partial charge is 0.390 e. The summed E-state index contributed by atoms with van der Waals surface area (Å²) in [5.41, 5.74) is 0. The van der Waals surface area contributed by atoms with Gasteiger partial charge in [0.2, 0.25) is 5.89 Å². The Kier molecular flexibility index (Phi) is 5.82. The number of aliphatic hydroxyl groups excluding tert-OH is 1. The SMILES string of the molecule is CC(C)c1nc(CN(C)C2CCN(CC(O)Cn3cccn3)C2)no1. The zero-order valence-corrected chi connectivity index (χ0v) is 15.2. The van der Waals surface area contributed by atoms with Crippen LogP contribution >= 0.6 is 0 Å².